The third-order valence-corrected chi connectivity index (χ3v) is 5.44. The van der Waals surface area contributed by atoms with Crippen molar-refractivity contribution in [3.63, 3.8) is 0 Å². The van der Waals surface area contributed by atoms with Crippen LogP contribution in [0, 0.1) is 0 Å². The lowest BCUT2D eigenvalue weighted by atomic mass is 10.0. The van der Waals surface area contributed by atoms with Gasteiger partial charge in [0, 0.05) is 46.9 Å². The van der Waals surface area contributed by atoms with Crippen molar-refractivity contribution in [1.29, 1.82) is 0 Å². The Morgan fingerprint density at radius 2 is 1.96 bits per heavy atom. The summed E-state index contributed by atoms with van der Waals surface area (Å²) in [6.07, 6.45) is 0. The van der Waals surface area contributed by atoms with Crippen LogP contribution in [-0.2, 0) is 0 Å². The maximum Gasteiger partial charge on any atom is 0.258 e. The predicted octanol–water partition coefficient (Wildman–Crippen LogP) is 3.73. The van der Waals surface area contributed by atoms with Crippen LogP contribution in [0.2, 0.25) is 15.1 Å². The van der Waals surface area contributed by atoms with Gasteiger partial charge in [-0.2, -0.15) is 0 Å². The van der Waals surface area contributed by atoms with Crippen LogP contribution < -0.4 is 10.1 Å². The van der Waals surface area contributed by atoms with Crippen LogP contribution in [0.4, 0.5) is 0 Å². The highest BCUT2D eigenvalue weighted by molar-refractivity contribution is 6.38. The minimum atomic E-state index is -0.301. The number of benzene rings is 2. The maximum absolute atomic E-state index is 13.2. The molecule has 144 valence electrons. The molecule has 1 heterocycles. The molecule has 1 fully saturated rings. The Bertz CT molecular complexity index is 860. The molecule has 1 amide bonds. The molecule has 5 nitrogen and oxygen atoms in total. The highest BCUT2D eigenvalue weighted by Gasteiger charge is 2.29. The van der Waals surface area contributed by atoms with Crippen LogP contribution in [-0.4, -0.2) is 55.3 Å². The smallest absolute Gasteiger partial charge is 0.258 e. The largest absolute Gasteiger partial charge is 0.496 e. The van der Waals surface area contributed by atoms with Gasteiger partial charge in [-0.3, -0.25) is 4.79 Å². The lowest BCUT2D eigenvalue weighted by molar-refractivity contribution is 0.0533. The fourth-order valence-electron chi connectivity index (χ4n) is 3.15. The van der Waals surface area contributed by atoms with Crippen molar-refractivity contribution in [2.24, 2.45) is 0 Å². The van der Waals surface area contributed by atoms with Crippen molar-refractivity contribution in [3.05, 3.63) is 51.0 Å². The molecule has 0 saturated carbocycles. The summed E-state index contributed by atoms with van der Waals surface area (Å²) in [5.74, 6) is 0.130. The molecule has 27 heavy (non-hydrogen) atoms. The molecular formula is C19H19Cl3N2O3. The van der Waals surface area contributed by atoms with Crippen LogP contribution in [0.1, 0.15) is 10.4 Å². The normalized spacial score (nSPS) is 17.1. The number of hydrogen-bond donors (Lipinski definition) is 2. The number of rotatable bonds is 4. The van der Waals surface area contributed by atoms with Gasteiger partial charge in [-0.25, -0.2) is 0 Å². The second-order valence-electron chi connectivity index (χ2n) is 6.20. The molecule has 2 aromatic carbocycles. The molecule has 1 aliphatic heterocycles. The summed E-state index contributed by atoms with van der Waals surface area (Å²) in [5, 5.41) is 14.2. The Kier molecular flexibility index (Phi) is 6.50. The minimum Gasteiger partial charge on any atom is -0.496 e. The van der Waals surface area contributed by atoms with Gasteiger partial charge in [0.15, 0.2) is 0 Å². The zero-order valence-corrected chi connectivity index (χ0v) is 16.9. The molecule has 2 N–H and O–H groups in total. The lowest BCUT2D eigenvalue weighted by Gasteiger charge is -2.35. The molecule has 0 radical (unpaired) electrons. The van der Waals surface area contributed by atoms with Crippen LogP contribution in [0.5, 0.6) is 5.75 Å². The van der Waals surface area contributed by atoms with Gasteiger partial charge in [0.05, 0.1) is 30.3 Å². The fourth-order valence-corrected chi connectivity index (χ4v) is 3.79. The van der Waals surface area contributed by atoms with Gasteiger partial charge in [0.1, 0.15) is 5.75 Å². The first kappa shape index (κ1) is 20.2. The summed E-state index contributed by atoms with van der Waals surface area (Å²) in [7, 11) is 1.48. The van der Waals surface area contributed by atoms with Gasteiger partial charge in [0.2, 0.25) is 0 Å². The molecule has 0 bridgehead atoms. The number of halogens is 3. The summed E-state index contributed by atoms with van der Waals surface area (Å²) in [4.78, 5) is 14.8. The average Bonchev–Trinajstić information content (AvgIpc) is 2.69. The summed E-state index contributed by atoms with van der Waals surface area (Å²) in [6.45, 7) is 1.56. The second kappa shape index (κ2) is 8.67. The predicted molar refractivity (Wildman–Crippen MR) is 108 cm³/mol. The maximum atomic E-state index is 13.2. The molecule has 0 spiro atoms. The first-order valence-corrected chi connectivity index (χ1v) is 9.55. The number of amides is 1. The molecule has 0 aromatic heterocycles. The number of aliphatic hydroxyl groups excluding tert-OH is 1. The van der Waals surface area contributed by atoms with Crippen molar-refractivity contribution in [2.45, 2.75) is 6.04 Å². The molecule has 1 saturated heterocycles. The molecule has 3 rings (SSSR count). The summed E-state index contributed by atoms with van der Waals surface area (Å²) in [6, 6.07) is 8.02. The first-order chi connectivity index (χ1) is 13.0. The number of carbonyl (C=O) groups is 1. The Labute approximate surface area is 172 Å². The zero-order chi connectivity index (χ0) is 19.6. The summed E-state index contributed by atoms with van der Waals surface area (Å²) in [5.41, 5.74) is 1.57. The van der Waals surface area contributed by atoms with E-state index in [4.69, 9.17) is 39.5 Å². The molecule has 1 aliphatic rings. The minimum absolute atomic E-state index is 0.123. The molecule has 0 aliphatic carbocycles. The van der Waals surface area contributed by atoms with E-state index in [2.05, 4.69) is 5.32 Å². The fraction of sp³-hybridized carbons (Fsp3) is 0.316. The Hall–Kier alpha value is -1.50. The molecule has 1 atom stereocenters. The first-order valence-electron chi connectivity index (χ1n) is 8.41. The van der Waals surface area contributed by atoms with E-state index in [0.717, 1.165) is 0 Å². The number of hydrogen-bond acceptors (Lipinski definition) is 4. The Morgan fingerprint density at radius 1 is 1.22 bits per heavy atom. The van der Waals surface area contributed by atoms with Crippen molar-refractivity contribution < 1.29 is 14.6 Å². The third kappa shape index (κ3) is 4.18. The van der Waals surface area contributed by atoms with Crippen LogP contribution >= 0.6 is 34.8 Å². The quantitative estimate of drug-likeness (QED) is 0.777. The summed E-state index contributed by atoms with van der Waals surface area (Å²) >= 11 is 18.8. The van der Waals surface area contributed by atoms with Crippen molar-refractivity contribution in [2.75, 3.05) is 33.4 Å². The van der Waals surface area contributed by atoms with E-state index in [-0.39, 0.29) is 18.6 Å². The highest BCUT2D eigenvalue weighted by atomic mass is 35.5. The number of methoxy groups -OCH3 is 1. The van der Waals surface area contributed by atoms with Gasteiger partial charge in [-0.15, -0.1) is 0 Å². The lowest BCUT2D eigenvalue weighted by Crippen LogP contribution is -2.55. The second-order valence-corrected chi connectivity index (χ2v) is 7.45. The SMILES string of the molecule is COc1cc(Cl)c(-c2cc(Cl)ccc2Cl)cc1C(=O)N1CCNCC1CO. The van der Waals surface area contributed by atoms with Gasteiger partial charge >= 0.3 is 0 Å². The van der Waals surface area contributed by atoms with Gasteiger partial charge in [0.25, 0.3) is 5.91 Å². The third-order valence-electron chi connectivity index (χ3n) is 4.56. The van der Waals surface area contributed by atoms with Crippen molar-refractivity contribution in [3.8, 4) is 16.9 Å². The molecular weight excluding hydrogens is 411 g/mol. The van der Waals surface area contributed by atoms with E-state index >= 15 is 0 Å². The number of aliphatic hydroxyl groups is 1. The van der Waals surface area contributed by atoms with E-state index in [1.807, 2.05) is 0 Å². The number of piperazine rings is 1. The highest BCUT2D eigenvalue weighted by Crippen LogP contribution is 2.39. The van der Waals surface area contributed by atoms with Gasteiger partial charge in [-0.05, 0) is 24.3 Å². The van der Waals surface area contributed by atoms with Crippen LogP contribution in [0.15, 0.2) is 30.3 Å². The number of ether oxygens (including phenoxy) is 1. The average molecular weight is 430 g/mol. The molecule has 2 aromatic rings. The van der Waals surface area contributed by atoms with Gasteiger partial charge < -0.3 is 20.1 Å². The van der Waals surface area contributed by atoms with Crippen LogP contribution in [0.25, 0.3) is 11.1 Å². The van der Waals surface area contributed by atoms with E-state index in [9.17, 15) is 9.90 Å². The van der Waals surface area contributed by atoms with Crippen LogP contribution in [0.3, 0.4) is 0 Å². The molecule has 8 heteroatoms. The van der Waals surface area contributed by atoms with E-state index < -0.39 is 0 Å². The topological polar surface area (TPSA) is 61.8 Å². The monoisotopic (exact) mass is 428 g/mol. The molecule has 1 unspecified atom stereocenters. The van der Waals surface area contributed by atoms with E-state index in [0.29, 0.717) is 57.1 Å². The number of carbonyl (C=O) groups excluding carboxylic acids is 1. The number of nitrogens with one attached hydrogen (secondary N) is 1. The Balaban J connectivity index is 2.09. The van der Waals surface area contributed by atoms with Crippen molar-refractivity contribution in [1.82, 2.24) is 10.2 Å². The van der Waals surface area contributed by atoms with E-state index in [1.54, 1.807) is 35.2 Å². The summed E-state index contributed by atoms with van der Waals surface area (Å²) < 4.78 is 5.38. The van der Waals surface area contributed by atoms with E-state index in [1.165, 1.54) is 7.11 Å². The number of nitrogens with zero attached hydrogens (tertiary/aromatic N) is 1. The Morgan fingerprint density at radius 3 is 2.67 bits per heavy atom. The standard InChI is InChI=1S/C19H19Cl3N2O3/c1-27-18-8-17(22)14(13-6-11(20)2-3-16(13)21)7-15(18)19(26)24-5-4-23-9-12(24)10-25/h2-3,6-8,12,23,25H,4-5,9-10H2,1H3. The van der Waals surface area contributed by atoms with Gasteiger partial charge in [-0.1, -0.05) is 34.8 Å². The van der Waals surface area contributed by atoms with Crippen molar-refractivity contribution >= 4 is 40.7 Å². The zero-order valence-electron chi connectivity index (χ0n) is 14.6.